The lowest BCUT2D eigenvalue weighted by molar-refractivity contribution is -0.155. The highest BCUT2D eigenvalue weighted by molar-refractivity contribution is 5.79. The highest BCUT2D eigenvalue weighted by Crippen LogP contribution is 2.20. The lowest BCUT2D eigenvalue weighted by atomic mass is 9.97. The van der Waals surface area contributed by atoms with E-state index in [1.807, 2.05) is 0 Å². The summed E-state index contributed by atoms with van der Waals surface area (Å²) in [5.74, 6) is -0.771. The maximum absolute atomic E-state index is 13.1. The molecule has 0 bridgehead atoms. The third kappa shape index (κ3) is 41.7. The Morgan fingerprint density at radius 2 is 0.679 bits per heavy atom. The Bertz CT molecular complexity index is 762. The van der Waals surface area contributed by atoms with E-state index in [0.717, 1.165) is 44.9 Å². The second kappa shape index (κ2) is 45.1. The molecule has 0 aliphatic rings. The summed E-state index contributed by atoms with van der Waals surface area (Å²) in [6.07, 6.45) is 53.0. The fourth-order valence-corrected chi connectivity index (χ4v) is 7.39. The van der Waals surface area contributed by atoms with Crippen LogP contribution in [0.5, 0.6) is 0 Å². The first-order chi connectivity index (χ1) is 26.2. The SMILES string of the molecule is CCCCC/C=C/CCCCCCCCCCCCCCC(CC(=O)OCCCCCCCCCCCC)C(=O)OCCCCCCCCCCCC. The van der Waals surface area contributed by atoms with Crippen molar-refractivity contribution in [2.24, 2.45) is 5.92 Å². The number of esters is 2. The molecular formula is C49H94O4. The van der Waals surface area contributed by atoms with Gasteiger partial charge in [-0.05, 0) is 44.9 Å². The summed E-state index contributed by atoms with van der Waals surface area (Å²) in [6.45, 7) is 7.76. The van der Waals surface area contributed by atoms with Crippen LogP contribution >= 0.6 is 0 Å². The average molecular weight is 747 g/mol. The van der Waals surface area contributed by atoms with E-state index >= 15 is 0 Å². The molecule has 0 amide bonds. The number of ether oxygens (including phenoxy) is 2. The van der Waals surface area contributed by atoms with Gasteiger partial charge in [-0.15, -0.1) is 0 Å². The summed E-state index contributed by atoms with van der Waals surface area (Å²) in [5, 5.41) is 0. The van der Waals surface area contributed by atoms with Crippen molar-refractivity contribution in [2.75, 3.05) is 13.2 Å². The largest absolute Gasteiger partial charge is 0.466 e. The van der Waals surface area contributed by atoms with Gasteiger partial charge in [0.2, 0.25) is 0 Å². The first-order valence-electron chi connectivity index (χ1n) is 24.1. The van der Waals surface area contributed by atoms with Crippen molar-refractivity contribution in [3.63, 3.8) is 0 Å². The van der Waals surface area contributed by atoms with Gasteiger partial charge in [0.25, 0.3) is 0 Å². The molecule has 0 spiro atoms. The smallest absolute Gasteiger partial charge is 0.309 e. The average Bonchev–Trinajstić information content (AvgIpc) is 3.16. The van der Waals surface area contributed by atoms with E-state index in [1.165, 1.54) is 199 Å². The van der Waals surface area contributed by atoms with Crippen molar-refractivity contribution in [3.05, 3.63) is 12.2 Å². The molecule has 0 fully saturated rings. The molecule has 1 atom stereocenters. The van der Waals surface area contributed by atoms with Crippen molar-refractivity contribution in [2.45, 2.75) is 271 Å². The van der Waals surface area contributed by atoms with Gasteiger partial charge in [-0.25, -0.2) is 0 Å². The third-order valence-electron chi connectivity index (χ3n) is 11.1. The topological polar surface area (TPSA) is 52.6 Å². The predicted molar refractivity (Wildman–Crippen MR) is 232 cm³/mol. The quantitative estimate of drug-likeness (QED) is 0.0354. The first kappa shape index (κ1) is 51.7. The van der Waals surface area contributed by atoms with E-state index in [0.29, 0.717) is 13.2 Å². The zero-order valence-electron chi connectivity index (χ0n) is 36.4. The van der Waals surface area contributed by atoms with Crippen LogP contribution in [0.3, 0.4) is 0 Å². The Hall–Kier alpha value is -1.32. The molecule has 1 unspecified atom stereocenters. The predicted octanol–water partition coefficient (Wildman–Crippen LogP) is 16.5. The third-order valence-corrected chi connectivity index (χ3v) is 11.1. The van der Waals surface area contributed by atoms with Crippen LogP contribution in [-0.2, 0) is 19.1 Å². The van der Waals surface area contributed by atoms with Crippen molar-refractivity contribution >= 4 is 11.9 Å². The van der Waals surface area contributed by atoms with Crippen LogP contribution in [-0.4, -0.2) is 25.2 Å². The summed E-state index contributed by atoms with van der Waals surface area (Å²) in [4.78, 5) is 25.8. The van der Waals surface area contributed by atoms with Crippen LogP contribution in [0.25, 0.3) is 0 Å². The van der Waals surface area contributed by atoms with Gasteiger partial charge in [0.1, 0.15) is 0 Å². The minimum Gasteiger partial charge on any atom is -0.466 e. The van der Waals surface area contributed by atoms with Crippen molar-refractivity contribution in [1.29, 1.82) is 0 Å². The normalized spacial score (nSPS) is 12.1. The number of carbonyl (C=O) groups is 2. The fraction of sp³-hybridized carbons (Fsp3) is 0.918. The molecule has 4 nitrogen and oxygen atoms in total. The summed E-state index contributed by atoms with van der Waals surface area (Å²) >= 11 is 0. The number of hydrogen-bond acceptors (Lipinski definition) is 4. The summed E-state index contributed by atoms with van der Waals surface area (Å²) in [6, 6.07) is 0. The zero-order chi connectivity index (χ0) is 38.6. The summed E-state index contributed by atoms with van der Waals surface area (Å²) < 4.78 is 11.3. The van der Waals surface area contributed by atoms with Crippen LogP contribution in [0.1, 0.15) is 271 Å². The fourth-order valence-electron chi connectivity index (χ4n) is 7.39. The summed E-state index contributed by atoms with van der Waals surface area (Å²) in [5.41, 5.74) is 0. The molecule has 0 heterocycles. The molecule has 0 aliphatic carbocycles. The Morgan fingerprint density at radius 3 is 1.09 bits per heavy atom. The number of hydrogen-bond donors (Lipinski definition) is 0. The maximum Gasteiger partial charge on any atom is 0.309 e. The van der Waals surface area contributed by atoms with E-state index in [-0.39, 0.29) is 24.3 Å². The van der Waals surface area contributed by atoms with Gasteiger partial charge in [-0.2, -0.15) is 0 Å². The van der Waals surface area contributed by atoms with Crippen molar-refractivity contribution in [1.82, 2.24) is 0 Å². The molecule has 0 aliphatic heterocycles. The van der Waals surface area contributed by atoms with E-state index < -0.39 is 0 Å². The van der Waals surface area contributed by atoms with E-state index in [1.54, 1.807) is 0 Å². The van der Waals surface area contributed by atoms with Gasteiger partial charge in [0, 0.05) is 0 Å². The standard InChI is InChI=1S/C49H94O4/c1-4-7-10-13-16-19-22-23-24-25-26-27-28-29-30-31-34-37-40-43-47(49(51)53-45-42-39-36-33-21-18-15-12-9-6-3)46-48(50)52-44-41-38-35-32-20-17-14-11-8-5-2/h16,19,47H,4-15,17-18,20-46H2,1-3H3/b19-16+. The van der Waals surface area contributed by atoms with Crippen LogP contribution in [0.2, 0.25) is 0 Å². The number of rotatable bonds is 44. The van der Waals surface area contributed by atoms with Crippen LogP contribution < -0.4 is 0 Å². The Kier molecular flexibility index (Phi) is 43.9. The molecular weight excluding hydrogens is 653 g/mol. The highest BCUT2D eigenvalue weighted by Gasteiger charge is 2.24. The van der Waals surface area contributed by atoms with Gasteiger partial charge >= 0.3 is 11.9 Å². The van der Waals surface area contributed by atoms with Crippen LogP contribution in [0.4, 0.5) is 0 Å². The molecule has 0 radical (unpaired) electrons. The molecule has 53 heavy (non-hydrogen) atoms. The Balaban J connectivity index is 4.16. The minimum atomic E-state index is -0.361. The van der Waals surface area contributed by atoms with Gasteiger partial charge in [0.05, 0.1) is 25.6 Å². The van der Waals surface area contributed by atoms with Gasteiger partial charge in [-0.1, -0.05) is 232 Å². The van der Waals surface area contributed by atoms with E-state index in [2.05, 4.69) is 32.9 Å². The molecule has 4 heteroatoms. The lowest BCUT2D eigenvalue weighted by Crippen LogP contribution is -2.23. The van der Waals surface area contributed by atoms with Crippen LogP contribution in [0.15, 0.2) is 12.2 Å². The van der Waals surface area contributed by atoms with E-state index in [4.69, 9.17) is 9.47 Å². The molecule has 314 valence electrons. The molecule has 0 aromatic rings. The molecule has 0 saturated carbocycles. The number of allylic oxidation sites excluding steroid dienone is 2. The van der Waals surface area contributed by atoms with Gasteiger partial charge < -0.3 is 9.47 Å². The van der Waals surface area contributed by atoms with E-state index in [9.17, 15) is 9.59 Å². The number of carbonyl (C=O) groups excluding carboxylic acids is 2. The molecule has 0 rings (SSSR count). The maximum atomic E-state index is 13.1. The lowest BCUT2D eigenvalue weighted by Gasteiger charge is -2.16. The monoisotopic (exact) mass is 747 g/mol. The van der Waals surface area contributed by atoms with Gasteiger partial charge in [0.15, 0.2) is 0 Å². The van der Waals surface area contributed by atoms with Crippen LogP contribution in [0, 0.1) is 5.92 Å². The van der Waals surface area contributed by atoms with Crippen molar-refractivity contribution in [3.8, 4) is 0 Å². The molecule has 0 N–H and O–H groups in total. The molecule has 0 saturated heterocycles. The minimum absolute atomic E-state index is 0.171. The Labute approximate surface area is 332 Å². The second-order valence-electron chi connectivity index (χ2n) is 16.4. The second-order valence-corrected chi connectivity index (χ2v) is 16.4. The zero-order valence-corrected chi connectivity index (χ0v) is 36.4. The highest BCUT2D eigenvalue weighted by atomic mass is 16.5. The van der Waals surface area contributed by atoms with Gasteiger partial charge in [-0.3, -0.25) is 9.59 Å². The Morgan fingerprint density at radius 1 is 0.377 bits per heavy atom. The number of unbranched alkanes of at least 4 members (excludes halogenated alkanes) is 33. The molecule has 0 aromatic heterocycles. The van der Waals surface area contributed by atoms with Crippen molar-refractivity contribution < 1.29 is 19.1 Å². The summed E-state index contributed by atoms with van der Waals surface area (Å²) in [7, 11) is 0. The molecule has 0 aromatic carbocycles. The first-order valence-corrected chi connectivity index (χ1v) is 24.1.